The highest BCUT2D eigenvalue weighted by Gasteiger charge is 2.33. The number of sulfone groups is 1. The van der Waals surface area contributed by atoms with Gasteiger partial charge in [0.05, 0.1) is 29.8 Å². The quantitative estimate of drug-likeness (QED) is 0.521. The molecule has 0 bridgehead atoms. The summed E-state index contributed by atoms with van der Waals surface area (Å²) in [5.74, 6) is 0.0218. The smallest absolute Gasteiger partial charge is 0.175 e. The number of nitrogens with zero attached hydrogens (tertiary/aromatic N) is 4. The normalized spacial score (nSPS) is 21.7. The first-order valence-corrected chi connectivity index (χ1v) is 14.8. The van der Waals surface area contributed by atoms with Crippen molar-refractivity contribution in [2.45, 2.75) is 48.6 Å². The summed E-state index contributed by atoms with van der Waals surface area (Å²) in [6.45, 7) is 6.24. The van der Waals surface area contributed by atoms with Gasteiger partial charge in [0, 0.05) is 43.3 Å². The van der Waals surface area contributed by atoms with Gasteiger partial charge in [0.2, 0.25) is 0 Å². The molecule has 3 aliphatic heterocycles. The Kier molecular flexibility index (Phi) is 6.35. The molecule has 192 valence electrons. The Morgan fingerprint density at radius 1 is 0.917 bits per heavy atom. The van der Waals surface area contributed by atoms with E-state index < -0.39 is 9.84 Å². The van der Waals surface area contributed by atoms with Crippen LogP contribution in [0.3, 0.4) is 0 Å². The fourth-order valence-electron chi connectivity index (χ4n) is 5.96. The second kappa shape index (κ2) is 9.52. The molecule has 3 aliphatic rings. The molecule has 0 amide bonds. The van der Waals surface area contributed by atoms with E-state index in [1.165, 1.54) is 32.2 Å². The van der Waals surface area contributed by atoms with Crippen molar-refractivity contribution in [3.8, 4) is 11.3 Å². The van der Waals surface area contributed by atoms with Crippen LogP contribution in [0.5, 0.6) is 0 Å². The van der Waals surface area contributed by atoms with Gasteiger partial charge in [0.25, 0.3) is 0 Å². The van der Waals surface area contributed by atoms with Gasteiger partial charge in [-0.25, -0.2) is 17.8 Å². The molecule has 0 saturated carbocycles. The van der Waals surface area contributed by atoms with Crippen molar-refractivity contribution < 1.29 is 17.5 Å². The molecule has 0 atom stereocenters. The number of rotatable bonds is 5. The van der Waals surface area contributed by atoms with Crippen LogP contribution in [0.1, 0.15) is 37.2 Å². The zero-order valence-corrected chi connectivity index (χ0v) is 21.5. The van der Waals surface area contributed by atoms with Crippen molar-refractivity contribution in [1.82, 2.24) is 19.2 Å². The lowest BCUT2D eigenvalue weighted by Gasteiger charge is -2.45. The molecule has 1 aromatic carbocycles. The van der Waals surface area contributed by atoms with Crippen LogP contribution in [0.25, 0.3) is 16.9 Å². The number of piperidine rings is 2. The first-order chi connectivity index (χ1) is 17.3. The fourth-order valence-corrected chi connectivity index (χ4v) is 6.59. The zero-order chi connectivity index (χ0) is 24.9. The SMILES string of the molecule is CS(=O)(=O)c1ccc(-c2cn3cc(C4CCN(C5CCN(C6COC6)CC5)CC4)cc(F)c3n2)cc1. The number of likely N-dealkylation sites (tertiary alicyclic amines) is 2. The van der Waals surface area contributed by atoms with Gasteiger partial charge >= 0.3 is 0 Å². The van der Waals surface area contributed by atoms with Crippen molar-refractivity contribution in [2.24, 2.45) is 0 Å². The molecule has 7 nitrogen and oxygen atoms in total. The van der Waals surface area contributed by atoms with Gasteiger partial charge in [-0.3, -0.25) is 4.90 Å². The Balaban J connectivity index is 1.12. The molecule has 5 heterocycles. The molecule has 2 aromatic heterocycles. The largest absolute Gasteiger partial charge is 0.378 e. The van der Waals surface area contributed by atoms with E-state index in [9.17, 15) is 8.42 Å². The molecule has 3 fully saturated rings. The van der Waals surface area contributed by atoms with E-state index in [4.69, 9.17) is 4.74 Å². The highest BCUT2D eigenvalue weighted by molar-refractivity contribution is 7.90. The third-order valence-corrected chi connectivity index (χ3v) is 9.39. The number of aromatic nitrogens is 2. The lowest BCUT2D eigenvalue weighted by molar-refractivity contribution is -0.0768. The summed E-state index contributed by atoms with van der Waals surface area (Å²) in [4.78, 5) is 9.97. The number of imidazole rings is 1. The predicted molar refractivity (Wildman–Crippen MR) is 136 cm³/mol. The summed E-state index contributed by atoms with van der Waals surface area (Å²) in [6.07, 6.45) is 9.55. The number of pyridine rings is 1. The topological polar surface area (TPSA) is 67.2 Å². The molecule has 0 spiro atoms. The molecule has 6 rings (SSSR count). The predicted octanol–water partition coefficient (Wildman–Crippen LogP) is 3.59. The molecule has 0 N–H and O–H groups in total. The zero-order valence-electron chi connectivity index (χ0n) is 20.6. The molecular formula is C27H33FN4O3S. The van der Waals surface area contributed by atoms with E-state index in [2.05, 4.69) is 14.8 Å². The Bertz CT molecular complexity index is 1340. The van der Waals surface area contributed by atoms with E-state index in [1.54, 1.807) is 34.7 Å². The van der Waals surface area contributed by atoms with Crippen LogP contribution in [0, 0.1) is 5.82 Å². The van der Waals surface area contributed by atoms with Crippen LogP contribution in [0.4, 0.5) is 4.39 Å². The van der Waals surface area contributed by atoms with Crippen LogP contribution < -0.4 is 0 Å². The van der Waals surface area contributed by atoms with E-state index in [0.717, 1.165) is 50.3 Å². The van der Waals surface area contributed by atoms with Gasteiger partial charge in [-0.1, -0.05) is 12.1 Å². The third-order valence-electron chi connectivity index (χ3n) is 8.26. The van der Waals surface area contributed by atoms with Crippen LogP contribution in [-0.4, -0.2) is 85.3 Å². The highest BCUT2D eigenvalue weighted by Crippen LogP contribution is 2.33. The monoisotopic (exact) mass is 512 g/mol. The number of hydrogen-bond donors (Lipinski definition) is 0. The summed E-state index contributed by atoms with van der Waals surface area (Å²) in [5.41, 5.74) is 2.70. The number of fused-ring (bicyclic) bond motifs is 1. The Morgan fingerprint density at radius 2 is 1.56 bits per heavy atom. The van der Waals surface area contributed by atoms with Crippen LogP contribution in [0.15, 0.2) is 47.6 Å². The molecule has 3 aromatic rings. The minimum atomic E-state index is -3.26. The van der Waals surface area contributed by atoms with E-state index in [1.807, 2.05) is 12.4 Å². The van der Waals surface area contributed by atoms with Crippen molar-refractivity contribution >= 4 is 15.5 Å². The summed E-state index contributed by atoms with van der Waals surface area (Å²) >= 11 is 0. The molecule has 0 unspecified atom stereocenters. The summed E-state index contributed by atoms with van der Waals surface area (Å²) < 4.78 is 45.7. The summed E-state index contributed by atoms with van der Waals surface area (Å²) in [6, 6.07) is 9.52. The number of ether oxygens (including phenoxy) is 1. The molecule has 9 heteroatoms. The van der Waals surface area contributed by atoms with Crippen molar-refractivity contribution in [3.63, 3.8) is 0 Å². The molecular weight excluding hydrogens is 479 g/mol. The van der Waals surface area contributed by atoms with Gasteiger partial charge in [-0.05, 0) is 68.5 Å². The van der Waals surface area contributed by atoms with E-state index >= 15 is 4.39 Å². The second-order valence-electron chi connectivity index (χ2n) is 10.5. The van der Waals surface area contributed by atoms with Gasteiger partial charge in [-0.2, -0.15) is 0 Å². The molecule has 3 saturated heterocycles. The van der Waals surface area contributed by atoms with Crippen LogP contribution >= 0.6 is 0 Å². The Hall–Kier alpha value is -2.33. The van der Waals surface area contributed by atoms with Crippen molar-refractivity contribution in [2.75, 3.05) is 45.6 Å². The molecule has 36 heavy (non-hydrogen) atoms. The maximum Gasteiger partial charge on any atom is 0.175 e. The first-order valence-electron chi connectivity index (χ1n) is 12.9. The minimum Gasteiger partial charge on any atom is -0.378 e. The molecule has 0 radical (unpaired) electrons. The van der Waals surface area contributed by atoms with E-state index in [-0.39, 0.29) is 10.7 Å². The van der Waals surface area contributed by atoms with Crippen molar-refractivity contribution in [3.05, 3.63) is 54.1 Å². The van der Waals surface area contributed by atoms with Gasteiger partial charge < -0.3 is 14.0 Å². The Labute approximate surface area is 211 Å². The lowest BCUT2D eigenvalue weighted by atomic mass is 9.88. The van der Waals surface area contributed by atoms with Crippen LogP contribution in [-0.2, 0) is 14.6 Å². The number of halogens is 1. The Morgan fingerprint density at radius 3 is 2.17 bits per heavy atom. The average molecular weight is 513 g/mol. The maximum atomic E-state index is 15.1. The van der Waals surface area contributed by atoms with Crippen molar-refractivity contribution in [1.29, 1.82) is 0 Å². The van der Waals surface area contributed by atoms with Crippen LogP contribution in [0.2, 0.25) is 0 Å². The van der Waals surface area contributed by atoms with Gasteiger partial charge in [-0.15, -0.1) is 0 Å². The van der Waals surface area contributed by atoms with Gasteiger partial charge in [0.15, 0.2) is 21.3 Å². The minimum absolute atomic E-state index is 0.258. The summed E-state index contributed by atoms with van der Waals surface area (Å²) in [5, 5.41) is 0. The third kappa shape index (κ3) is 4.69. The lowest BCUT2D eigenvalue weighted by Crippen LogP contribution is -2.55. The maximum absolute atomic E-state index is 15.1. The number of benzene rings is 1. The van der Waals surface area contributed by atoms with E-state index in [0.29, 0.717) is 29.3 Å². The summed E-state index contributed by atoms with van der Waals surface area (Å²) in [7, 11) is -3.26. The highest BCUT2D eigenvalue weighted by atomic mass is 32.2. The van der Waals surface area contributed by atoms with Gasteiger partial charge in [0.1, 0.15) is 0 Å². The number of hydrogen-bond acceptors (Lipinski definition) is 6. The standard InChI is InChI=1S/C27H33FN4O3S/c1-36(33,34)24-4-2-20(3-5-24)26-16-32-15-21(14-25(28)27(32)29-26)19-6-10-30(11-7-19)22-8-12-31(13-9-22)23-17-35-18-23/h2-5,14-16,19,22-23H,6-13,17-18H2,1H3. The molecule has 0 aliphatic carbocycles. The second-order valence-corrected chi connectivity index (χ2v) is 12.6. The fraction of sp³-hybridized carbons (Fsp3) is 0.519. The average Bonchev–Trinajstić information content (AvgIpc) is 3.28. The first kappa shape index (κ1) is 24.0.